The molecular weight excluding hydrogens is 344 g/mol. The molecule has 134 valence electrons. The van der Waals surface area contributed by atoms with Crippen LogP contribution < -0.4 is 9.47 Å². The average Bonchev–Trinajstić information content (AvgIpc) is 2.72. The Hall–Kier alpha value is -3.85. The topological polar surface area (TPSA) is 85.4 Å². The summed E-state index contributed by atoms with van der Waals surface area (Å²) in [6.07, 6.45) is 0. The average molecular weight is 360 g/mol. The predicted octanol–water partition coefficient (Wildman–Crippen LogP) is 4.59. The van der Waals surface area contributed by atoms with Gasteiger partial charge in [0.2, 0.25) is 0 Å². The van der Waals surface area contributed by atoms with Gasteiger partial charge in [-0.1, -0.05) is 36.4 Å². The molecule has 0 aliphatic carbocycles. The van der Waals surface area contributed by atoms with Crippen LogP contribution in [0.25, 0.3) is 11.1 Å². The molecule has 0 N–H and O–H groups in total. The zero-order valence-electron chi connectivity index (χ0n) is 14.4. The van der Waals surface area contributed by atoms with Crippen LogP contribution in [0.2, 0.25) is 0 Å². The van der Waals surface area contributed by atoms with Crippen molar-refractivity contribution in [1.82, 2.24) is 0 Å². The Balaban J connectivity index is 1.53. The first-order valence-electron chi connectivity index (χ1n) is 8.27. The van der Waals surface area contributed by atoms with Gasteiger partial charge >= 0.3 is 5.69 Å². The summed E-state index contributed by atoms with van der Waals surface area (Å²) >= 11 is 0. The van der Waals surface area contributed by atoms with Crippen LogP contribution in [0.4, 0.5) is 5.69 Å². The fraction of sp³-hybridized carbons (Fsp3) is 0.0952. The van der Waals surface area contributed by atoms with Crippen molar-refractivity contribution >= 4 is 5.69 Å². The first kappa shape index (κ1) is 18.0. The minimum atomic E-state index is -0.474. The van der Waals surface area contributed by atoms with Gasteiger partial charge in [0.1, 0.15) is 19.0 Å². The van der Waals surface area contributed by atoms with Gasteiger partial charge in [0.25, 0.3) is 0 Å². The van der Waals surface area contributed by atoms with Gasteiger partial charge in [-0.3, -0.25) is 10.1 Å². The van der Waals surface area contributed by atoms with Crippen LogP contribution in [0, 0.1) is 21.4 Å². The smallest absolute Gasteiger partial charge is 0.310 e. The molecule has 27 heavy (non-hydrogen) atoms. The van der Waals surface area contributed by atoms with E-state index in [1.54, 1.807) is 30.3 Å². The number of nitriles is 1. The summed E-state index contributed by atoms with van der Waals surface area (Å²) in [5, 5.41) is 19.8. The Kier molecular flexibility index (Phi) is 5.65. The van der Waals surface area contributed by atoms with Crippen LogP contribution in [0.15, 0.2) is 72.8 Å². The number of hydrogen-bond donors (Lipinski definition) is 0. The van der Waals surface area contributed by atoms with Crippen molar-refractivity contribution in [3.05, 3.63) is 88.5 Å². The quantitative estimate of drug-likeness (QED) is 0.349. The van der Waals surface area contributed by atoms with E-state index in [0.717, 1.165) is 11.1 Å². The number of ether oxygens (including phenoxy) is 2. The molecule has 0 aliphatic rings. The molecule has 3 aromatic carbocycles. The summed E-state index contributed by atoms with van der Waals surface area (Å²) in [4.78, 5) is 10.5. The summed E-state index contributed by atoms with van der Waals surface area (Å²) in [5.41, 5.74) is 2.59. The molecule has 0 atom stereocenters. The molecule has 0 bridgehead atoms. The zero-order valence-corrected chi connectivity index (χ0v) is 14.4. The Morgan fingerprint density at radius 1 is 0.852 bits per heavy atom. The molecule has 0 fully saturated rings. The zero-order chi connectivity index (χ0) is 19.1. The van der Waals surface area contributed by atoms with Gasteiger partial charge in [0.05, 0.1) is 16.6 Å². The van der Waals surface area contributed by atoms with Crippen molar-refractivity contribution in [2.75, 3.05) is 13.2 Å². The Morgan fingerprint density at radius 2 is 1.44 bits per heavy atom. The first-order valence-corrected chi connectivity index (χ1v) is 8.27. The molecule has 3 rings (SSSR count). The molecule has 6 heteroatoms. The van der Waals surface area contributed by atoms with Crippen LogP contribution in [-0.2, 0) is 0 Å². The van der Waals surface area contributed by atoms with E-state index in [4.69, 9.17) is 14.7 Å². The fourth-order valence-corrected chi connectivity index (χ4v) is 2.52. The van der Waals surface area contributed by atoms with E-state index in [0.29, 0.717) is 11.3 Å². The van der Waals surface area contributed by atoms with E-state index in [1.807, 2.05) is 36.4 Å². The second-order valence-corrected chi connectivity index (χ2v) is 5.64. The highest BCUT2D eigenvalue weighted by Crippen LogP contribution is 2.26. The summed E-state index contributed by atoms with van der Waals surface area (Å²) < 4.78 is 11.1. The molecule has 0 amide bonds. The van der Waals surface area contributed by atoms with E-state index in [2.05, 4.69) is 6.07 Å². The van der Waals surface area contributed by atoms with E-state index in [9.17, 15) is 10.1 Å². The second kappa shape index (κ2) is 8.50. The normalized spacial score (nSPS) is 10.0. The lowest BCUT2D eigenvalue weighted by Crippen LogP contribution is -2.09. The third kappa shape index (κ3) is 4.61. The number of nitrogens with zero attached hydrogens (tertiary/aromatic N) is 2. The molecule has 0 unspecified atom stereocenters. The van der Waals surface area contributed by atoms with Crippen molar-refractivity contribution in [3.63, 3.8) is 0 Å². The maximum absolute atomic E-state index is 10.9. The van der Waals surface area contributed by atoms with E-state index in [1.165, 1.54) is 6.07 Å². The molecule has 0 saturated heterocycles. The minimum Gasteiger partial charge on any atom is -0.490 e. The Morgan fingerprint density at radius 3 is 2.07 bits per heavy atom. The van der Waals surface area contributed by atoms with Crippen molar-refractivity contribution in [2.45, 2.75) is 0 Å². The fourth-order valence-electron chi connectivity index (χ4n) is 2.52. The molecule has 3 aromatic rings. The molecule has 0 aliphatic heterocycles. The van der Waals surface area contributed by atoms with E-state index in [-0.39, 0.29) is 24.7 Å². The van der Waals surface area contributed by atoms with Crippen LogP contribution in [-0.4, -0.2) is 18.1 Å². The van der Waals surface area contributed by atoms with Crippen LogP contribution in [0.3, 0.4) is 0 Å². The Labute approximate surface area is 156 Å². The lowest BCUT2D eigenvalue weighted by atomic mass is 10.0. The van der Waals surface area contributed by atoms with Gasteiger partial charge in [0.15, 0.2) is 5.75 Å². The number of nitro benzene ring substituents is 1. The van der Waals surface area contributed by atoms with Gasteiger partial charge in [-0.2, -0.15) is 5.26 Å². The second-order valence-electron chi connectivity index (χ2n) is 5.64. The van der Waals surface area contributed by atoms with Crippen molar-refractivity contribution in [3.8, 4) is 28.7 Å². The maximum Gasteiger partial charge on any atom is 0.310 e. The van der Waals surface area contributed by atoms with Gasteiger partial charge in [-0.25, -0.2) is 0 Å². The molecule has 0 radical (unpaired) electrons. The standard InChI is InChI=1S/C21H16N2O4/c22-15-16-5-7-17(8-6-16)18-9-11-19(12-10-18)26-13-14-27-21-4-2-1-3-20(21)23(24)25/h1-12H,13-14H2. The number of hydrogen-bond acceptors (Lipinski definition) is 5. The largest absolute Gasteiger partial charge is 0.490 e. The molecular formula is C21H16N2O4. The number of para-hydroxylation sites is 2. The molecule has 6 nitrogen and oxygen atoms in total. The highest BCUT2D eigenvalue weighted by Gasteiger charge is 2.13. The van der Waals surface area contributed by atoms with Crippen molar-refractivity contribution < 1.29 is 14.4 Å². The van der Waals surface area contributed by atoms with Crippen molar-refractivity contribution in [2.24, 2.45) is 0 Å². The highest BCUT2D eigenvalue weighted by atomic mass is 16.6. The van der Waals surface area contributed by atoms with Crippen LogP contribution in [0.5, 0.6) is 11.5 Å². The molecule has 0 saturated carbocycles. The molecule has 0 aromatic heterocycles. The SMILES string of the molecule is N#Cc1ccc(-c2ccc(OCCOc3ccccc3[N+](=O)[O-])cc2)cc1. The number of benzene rings is 3. The third-order valence-electron chi connectivity index (χ3n) is 3.87. The van der Waals surface area contributed by atoms with Gasteiger partial charge < -0.3 is 9.47 Å². The monoisotopic (exact) mass is 360 g/mol. The lowest BCUT2D eigenvalue weighted by Gasteiger charge is -2.09. The van der Waals surface area contributed by atoms with Gasteiger partial charge in [-0.05, 0) is 41.5 Å². The predicted molar refractivity (Wildman–Crippen MR) is 101 cm³/mol. The van der Waals surface area contributed by atoms with Gasteiger partial charge in [-0.15, -0.1) is 0 Å². The van der Waals surface area contributed by atoms with Crippen LogP contribution in [0.1, 0.15) is 5.56 Å². The Bertz CT molecular complexity index is 961. The van der Waals surface area contributed by atoms with Crippen LogP contribution >= 0.6 is 0 Å². The summed E-state index contributed by atoms with van der Waals surface area (Å²) in [6, 6.07) is 23.2. The number of rotatable bonds is 7. The molecule has 0 spiro atoms. The highest BCUT2D eigenvalue weighted by molar-refractivity contribution is 5.64. The van der Waals surface area contributed by atoms with E-state index < -0.39 is 4.92 Å². The van der Waals surface area contributed by atoms with Crippen molar-refractivity contribution in [1.29, 1.82) is 5.26 Å². The summed E-state index contributed by atoms with van der Waals surface area (Å²) in [6.45, 7) is 0.463. The number of nitro groups is 1. The van der Waals surface area contributed by atoms with E-state index >= 15 is 0 Å². The molecule has 0 heterocycles. The minimum absolute atomic E-state index is 0.0655. The maximum atomic E-state index is 10.9. The summed E-state index contributed by atoms with van der Waals surface area (Å²) in [5.74, 6) is 0.904. The lowest BCUT2D eigenvalue weighted by molar-refractivity contribution is -0.385. The summed E-state index contributed by atoms with van der Waals surface area (Å²) in [7, 11) is 0. The first-order chi connectivity index (χ1) is 13.2. The third-order valence-corrected chi connectivity index (χ3v) is 3.87. The van der Waals surface area contributed by atoms with Gasteiger partial charge in [0, 0.05) is 6.07 Å².